The SMILES string of the molecule is CNC(c1ccc(C)cc1)C12CC3CC(CC(C)(C3)C1)C2. The first kappa shape index (κ1) is 13.8. The predicted octanol–water partition coefficient (Wildman–Crippen LogP) is 4.86. The average molecular weight is 283 g/mol. The Hall–Kier alpha value is -0.820. The third-order valence-electron chi connectivity index (χ3n) is 6.71. The molecule has 0 saturated heterocycles. The molecule has 0 spiro atoms. The lowest BCUT2D eigenvalue weighted by molar-refractivity contribution is -0.118. The quantitative estimate of drug-likeness (QED) is 0.835. The molecule has 1 aromatic rings. The van der Waals surface area contributed by atoms with Crippen LogP contribution in [0, 0.1) is 29.6 Å². The Morgan fingerprint density at radius 1 is 1.05 bits per heavy atom. The van der Waals surface area contributed by atoms with Crippen LogP contribution in [0.1, 0.15) is 62.6 Å². The molecule has 0 aliphatic heterocycles. The fourth-order valence-electron chi connectivity index (χ4n) is 6.72. The van der Waals surface area contributed by atoms with E-state index in [-0.39, 0.29) is 0 Å². The molecule has 0 radical (unpaired) electrons. The standard InChI is InChI=1S/C20H29N/c1-14-4-6-17(7-5-14)18(21-3)20-11-15-8-16(12-20)10-19(2,9-15)13-20/h4-7,15-16,18,21H,8-13H2,1-3H3. The highest BCUT2D eigenvalue weighted by Crippen LogP contribution is 2.68. The van der Waals surface area contributed by atoms with Crippen molar-refractivity contribution in [1.29, 1.82) is 0 Å². The summed E-state index contributed by atoms with van der Waals surface area (Å²) in [4.78, 5) is 0. The second-order valence-electron chi connectivity index (χ2n) is 8.77. The van der Waals surface area contributed by atoms with Crippen molar-refractivity contribution in [3.63, 3.8) is 0 Å². The highest BCUT2D eigenvalue weighted by molar-refractivity contribution is 5.27. The summed E-state index contributed by atoms with van der Waals surface area (Å²) < 4.78 is 0. The molecule has 1 nitrogen and oxygen atoms in total. The van der Waals surface area contributed by atoms with Crippen LogP contribution in [0.2, 0.25) is 0 Å². The van der Waals surface area contributed by atoms with Crippen LogP contribution in [0.4, 0.5) is 0 Å². The van der Waals surface area contributed by atoms with Crippen molar-refractivity contribution in [2.24, 2.45) is 22.7 Å². The average Bonchev–Trinajstić information content (AvgIpc) is 2.38. The van der Waals surface area contributed by atoms with Crippen LogP contribution in [-0.2, 0) is 0 Å². The lowest BCUT2D eigenvalue weighted by Gasteiger charge is -2.63. The maximum absolute atomic E-state index is 3.71. The van der Waals surface area contributed by atoms with Crippen LogP contribution in [-0.4, -0.2) is 7.05 Å². The van der Waals surface area contributed by atoms with Gasteiger partial charge in [0.2, 0.25) is 0 Å². The van der Waals surface area contributed by atoms with Gasteiger partial charge >= 0.3 is 0 Å². The molecule has 1 heteroatoms. The fraction of sp³-hybridized carbons (Fsp3) is 0.700. The van der Waals surface area contributed by atoms with E-state index in [4.69, 9.17) is 0 Å². The summed E-state index contributed by atoms with van der Waals surface area (Å²) in [7, 11) is 2.17. The summed E-state index contributed by atoms with van der Waals surface area (Å²) in [5, 5.41) is 3.71. The van der Waals surface area contributed by atoms with Gasteiger partial charge in [-0.15, -0.1) is 0 Å². The van der Waals surface area contributed by atoms with E-state index in [1.165, 1.54) is 49.7 Å². The summed E-state index contributed by atoms with van der Waals surface area (Å²) in [6.07, 6.45) is 8.86. The smallest absolute Gasteiger partial charge is 0.0375 e. The summed E-state index contributed by atoms with van der Waals surface area (Å²) >= 11 is 0. The molecular formula is C20H29N. The van der Waals surface area contributed by atoms with Gasteiger partial charge in [0.15, 0.2) is 0 Å². The van der Waals surface area contributed by atoms with Gasteiger partial charge in [0.05, 0.1) is 0 Å². The molecule has 4 saturated carbocycles. The van der Waals surface area contributed by atoms with E-state index >= 15 is 0 Å². The summed E-state index contributed by atoms with van der Waals surface area (Å²) in [6, 6.07) is 9.82. The molecule has 5 rings (SSSR count). The highest BCUT2D eigenvalue weighted by Gasteiger charge is 2.58. The molecule has 3 atom stereocenters. The molecule has 4 bridgehead atoms. The number of hydrogen-bond donors (Lipinski definition) is 1. The van der Waals surface area contributed by atoms with Gasteiger partial charge in [-0.1, -0.05) is 36.8 Å². The minimum Gasteiger partial charge on any atom is -0.313 e. The highest BCUT2D eigenvalue weighted by atomic mass is 14.9. The Morgan fingerprint density at radius 3 is 2.19 bits per heavy atom. The maximum Gasteiger partial charge on any atom is 0.0375 e. The van der Waals surface area contributed by atoms with Crippen molar-refractivity contribution < 1.29 is 0 Å². The van der Waals surface area contributed by atoms with Crippen LogP contribution < -0.4 is 5.32 Å². The minimum atomic E-state index is 0.517. The summed E-state index contributed by atoms with van der Waals surface area (Å²) in [6.45, 7) is 4.75. The Bertz CT molecular complexity index is 515. The Labute approximate surface area is 129 Å². The van der Waals surface area contributed by atoms with Gasteiger partial charge in [-0.25, -0.2) is 0 Å². The molecule has 0 aromatic heterocycles. The lowest BCUT2D eigenvalue weighted by Crippen LogP contribution is -2.55. The summed E-state index contributed by atoms with van der Waals surface area (Å²) in [5.74, 6) is 2.00. The molecule has 4 aliphatic rings. The van der Waals surface area contributed by atoms with E-state index in [1.54, 1.807) is 0 Å². The minimum absolute atomic E-state index is 0.517. The maximum atomic E-state index is 3.71. The zero-order chi connectivity index (χ0) is 14.7. The molecule has 21 heavy (non-hydrogen) atoms. The van der Waals surface area contributed by atoms with Gasteiger partial charge in [-0.05, 0) is 80.7 Å². The molecule has 4 fully saturated rings. The third-order valence-corrected chi connectivity index (χ3v) is 6.71. The number of hydrogen-bond acceptors (Lipinski definition) is 1. The molecule has 4 aliphatic carbocycles. The van der Waals surface area contributed by atoms with Crippen molar-refractivity contribution >= 4 is 0 Å². The molecule has 3 unspecified atom stereocenters. The zero-order valence-corrected chi connectivity index (χ0v) is 13.8. The van der Waals surface area contributed by atoms with E-state index in [1.807, 2.05) is 0 Å². The van der Waals surface area contributed by atoms with Gasteiger partial charge in [0.1, 0.15) is 0 Å². The molecular weight excluding hydrogens is 254 g/mol. The van der Waals surface area contributed by atoms with Crippen LogP contribution >= 0.6 is 0 Å². The molecule has 0 amide bonds. The molecule has 1 aromatic carbocycles. The first-order chi connectivity index (χ1) is 10.0. The topological polar surface area (TPSA) is 12.0 Å². The number of nitrogens with one attached hydrogen (secondary N) is 1. The van der Waals surface area contributed by atoms with Gasteiger partial charge in [0, 0.05) is 6.04 Å². The summed E-state index contributed by atoms with van der Waals surface area (Å²) in [5.41, 5.74) is 4.02. The van der Waals surface area contributed by atoms with E-state index in [0.717, 1.165) is 11.8 Å². The van der Waals surface area contributed by atoms with Gasteiger partial charge < -0.3 is 5.32 Å². The van der Waals surface area contributed by atoms with Gasteiger partial charge in [0.25, 0.3) is 0 Å². The van der Waals surface area contributed by atoms with E-state index in [9.17, 15) is 0 Å². The molecule has 114 valence electrons. The normalized spacial score (nSPS) is 42.2. The Balaban J connectivity index is 1.71. The van der Waals surface area contributed by atoms with Crippen LogP contribution in [0.3, 0.4) is 0 Å². The first-order valence-corrected chi connectivity index (χ1v) is 8.76. The number of aryl methyl sites for hydroxylation is 1. The first-order valence-electron chi connectivity index (χ1n) is 8.76. The number of benzene rings is 1. The van der Waals surface area contributed by atoms with Crippen molar-refractivity contribution in [1.82, 2.24) is 5.32 Å². The second-order valence-corrected chi connectivity index (χ2v) is 8.77. The van der Waals surface area contributed by atoms with Crippen molar-refractivity contribution in [3.05, 3.63) is 35.4 Å². The fourth-order valence-corrected chi connectivity index (χ4v) is 6.72. The molecule has 1 N–H and O–H groups in total. The number of rotatable bonds is 3. The zero-order valence-electron chi connectivity index (χ0n) is 13.8. The van der Waals surface area contributed by atoms with E-state index in [0.29, 0.717) is 16.9 Å². The molecule has 0 heterocycles. The Kier molecular flexibility index (Phi) is 3.02. The van der Waals surface area contributed by atoms with Crippen LogP contribution in [0.5, 0.6) is 0 Å². The van der Waals surface area contributed by atoms with Crippen molar-refractivity contribution in [3.8, 4) is 0 Å². The van der Waals surface area contributed by atoms with E-state index in [2.05, 4.69) is 50.5 Å². The van der Waals surface area contributed by atoms with Crippen molar-refractivity contribution in [2.45, 2.75) is 58.4 Å². The predicted molar refractivity (Wildman–Crippen MR) is 88.2 cm³/mol. The monoisotopic (exact) mass is 283 g/mol. The van der Waals surface area contributed by atoms with Gasteiger partial charge in [-0.2, -0.15) is 0 Å². The van der Waals surface area contributed by atoms with Crippen LogP contribution in [0.15, 0.2) is 24.3 Å². The van der Waals surface area contributed by atoms with E-state index < -0.39 is 0 Å². The second kappa shape index (κ2) is 4.59. The van der Waals surface area contributed by atoms with Gasteiger partial charge in [-0.3, -0.25) is 0 Å². The third kappa shape index (κ3) is 2.16. The largest absolute Gasteiger partial charge is 0.313 e. The van der Waals surface area contributed by atoms with Crippen LogP contribution in [0.25, 0.3) is 0 Å². The lowest BCUT2D eigenvalue weighted by atomic mass is 9.43. The van der Waals surface area contributed by atoms with Crippen molar-refractivity contribution in [2.75, 3.05) is 7.05 Å². The Morgan fingerprint density at radius 2 is 1.67 bits per heavy atom.